The number of unbranched alkanes of at least 4 members (excludes halogenated alkanes) is 8. The first-order chi connectivity index (χ1) is 14.5. The molecule has 3 unspecified atom stereocenters. The molecule has 0 aliphatic rings. The Kier molecular flexibility index (Phi) is 16.4. The molecule has 184 valence electrons. The number of nitrogens with zero attached hydrogens (tertiary/aromatic N) is 1. The van der Waals surface area contributed by atoms with Crippen molar-refractivity contribution in [3.8, 4) is 0 Å². The molecule has 2 N–H and O–H groups in total. The number of nitrogens with one attached hydrogen (secondary N) is 1. The van der Waals surface area contributed by atoms with Crippen molar-refractivity contribution in [3.05, 3.63) is 12.2 Å². The molecule has 3 atom stereocenters. The summed E-state index contributed by atoms with van der Waals surface area (Å²) in [6, 6.07) is -0.878. The van der Waals surface area contributed by atoms with E-state index < -0.39 is 26.6 Å². The standard InChI is InChI=1S/C22H45N2O6P/c1-6-7-8-9-10-11-12-13-14-15-16-22(26)21(23-20(2)25)19-30-31(27,28)29-18-17-24(3,4)5/h15-16,21-22,26H,6-14,17-19H2,1-5H3,(H-,23,25,27,28)/b16-15+. The third-order valence-electron chi connectivity index (χ3n) is 4.78. The second-order valence-corrected chi connectivity index (χ2v) is 10.5. The van der Waals surface area contributed by atoms with E-state index in [0.717, 1.165) is 19.3 Å². The summed E-state index contributed by atoms with van der Waals surface area (Å²) in [5.41, 5.74) is 0. The van der Waals surface area contributed by atoms with Crippen molar-refractivity contribution < 1.29 is 32.9 Å². The average Bonchev–Trinajstić information content (AvgIpc) is 2.65. The van der Waals surface area contributed by atoms with Gasteiger partial charge in [0, 0.05) is 6.92 Å². The molecule has 0 spiro atoms. The van der Waals surface area contributed by atoms with E-state index in [1.807, 2.05) is 27.2 Å². The zero-order valence-corrected chi connectivity index (χ0v) is 21.1. The van der Waals surface area contributed by atoms with E-state index in [9.17, 15) is 19.4 Å². The number of carbonyl (C=O) groups is 1. The van der Waals surface area contributed by atoms with E-state index in [4.69, 9.17) is 9.05 Å². The van der Waals surface area contributed by atoms with Crippen LogP contribution in [0.3, 0.4) is 0 Å². The molecule has 0 aromatic rings. The van der Waals surface area contributed by atoms with E-state index in [1.54, 1.807) is 6.08 Å². The summed E-state index contributed by atoms with van der Waals surface area (Å²) >= 11 is 0. The van der Waals surface area contributed by atoms with Gasteiger partial charge in [0.1, 0.15) is 13.2 Å². The van der Waals surface area contributed by atoms with Crippen molar-refractivity contribution in [2.45, 2.75) is 83.8 Å². The van der Waals surface area contributed by atoms with E-state index in [0.29, 0.717) is 11.0 Å². The van der Waals surface area contributed by atoms with Gasteiger partial charge in [-0.3, -0.25) is 9.36 Å². The van der Waals surface area contributed by atoms with E-state index in [2.05, 4.69) is 12.2 Å². The SMILES string of the molecule is CCCCCCCCCC/C=C/C(O)C(COP(=O)([O-])OCC[N+](C)(C)C)NC(C)=O. The van der Waals surface area contributed by atoms with Crippen LogP contribution in [0.1, 0.15) is 71.6 Å². The largest absolute Gasteiger partial charge is 0.756 e. The highest BCUT2D eigenvalue weighted by molar-refractivity contribution is 7.45. The third kappa shape index (κ3) is 19.6. The minimum atomic E-state index is -4.52. The molecule has 0 radical (unpaired) electrons. The van der Waals surface area contributed by atoms with E-state index in [1.165, 1.54) is 45.4 Å². The molecule has 0 bridgehead atoms. The molecule has 0 aliphatic carbocycles. The first-order valence-electron chi connectivity index (χ1n) is 11.5. The number of likely N-dealkylation sites (N-methyl/N-ethyl adjacent to an activating group) is 1. The maximum Gasteiger partial charge on any atom is 0.268 e. The summed E-state index contributed by atoms with van der Waals surface area (Å²) < 4.78 is 22.2. The zero-order valence-electron chi connectivity index (χ0n) is 20.2. The first-order valence-corrected chi connectivity index (χ1v) is 13.0. The fourth-order valence-corrected chi connectivity index (χ4v) is 3.61. The molecule has 0 heterocycles. The quantitative estimate of drug-likeness (QED) is 0.132. The van der Waals surface area contributed by atoms with Gasteiger partial charge in [-0.1, -0.05) is 64.0 Å². The molecule has 0 fully saturated rings. The summed E-state index contributed by atoms with van der Waals surface area (Å²) in [4.78, 5) is 23.4. The Morgan fingerprint density at radius 2 is 1.68 bits per heavy atom. The van der Waals surface area contributed by atoms with Crippen LogP contribution < -0.4 is 10.2 Å². The monoisotopic (exact) mass is 464 g/mol. The van der Waals surface area contributed by atoms with Gasteiger partial charge >= 0.3 is 0 Å². The van der Waals surface area contributed by atoms with Gasteiger partial charge in [0.15, 0.2) is 0 Å². The third-order valence-corrected chi connectivity index (χ3v) is 5.75. The van der Waals surface area contributed by atoms with Crippen LogP contribution in [0.5, 0.6) is 0 Å². The summed E-state index contributed by atoms with van der Waals surface area (Å²) in [5.74, 6) is -0.379. The molecule has 8 nitrogen and oxygen atoms in total. The zero-order chi connectivity index (χ0) is 23.8. The maximum atomic E-state index is 11.9. The number of aliphatic hydroxyl groups is 1. The molecular weight excluding hydrogens is 419 g/mol. The molecule has 0 saturated carbocycles. The normalized spacial score (nSPS) is 16.2. The number of phosphoric acid groups is 1. The van der Waals surface area contributed by atoms with Crippen LogP contribution in [-0.2, 0) is 18.4 Å². The van der Waals surface area contributed by atoms with Gasteiger partial charge in [0.05, 0.1) is 39.9 Å². The number of allylic oxidation sites excluding steroid dienone is 1. The summed E-state index contributed by atoms with van der Waals surface area (Å²) in [6.07, 6.45) is 13.1. The lowest BCUT2D eigenvalue weighted by Crippen LogP contribution is -2.45. The number of quaternary nitrogens is 1. The van der Waals surface area contributed by atoms with Crippen LogP contribution in [-0.4, -0.2) is 68.5 Å². The fraction of sp³-hybridized carbons (Fsp3) is 0.864. The highest BCUT2D eigenvalue weighted by Crippen LogP contribution is 2.38. The lowest BCUT2D eigenvalue weighted by atomic mass is 10.1. The van der Waals surface area contributed by atoms with Gasteiger partial charge in [-0.05, 0) is 12.8 Å². The Balaban J connectivity index is 4.32. The molecule has 0 aromatic heterocycles. The second-order valence-electron chi connectivity index (χ2n) is 9.08. The van der Waals surface area contributed by atoms with Gasteiger partial charge in [-0.15, -0.1) is 0 Å². The molecule has 31 heavy (non-hydrogen) atoms. The molecule has 1 amide bonds. The van der Waals surface area contributed by atoms with Gasteiger partial charge < -0.3 is 28.8 Å². The number of hydrogen-bond acceptors (Lipinski definition) is 6. The molecule has 0 aliphatic heterocycles. The van der Waals surface area contributed by atoms with Crippen LogP contribution in [0.2, 0.25) is 0 Å². The number of amides is 1. The maximum absolute atomic E-state index is 11.9. The number of hydrogen-bond donors (Lipinski definition) is 2. The van der Waals surface area contributed by atoms with Gasteiger partial charge in [0.25, 0.3) is 7.82 Å². The van der Waals surface area contributed by atoms with Crippen molar-refractivity contribution in [1.82, 2.24) is 5.32 Å². The predicted molar refractivity (Wildman–Crippen MR) is 122 cm³/mol. The van der Waals surface area contributed by atoms with Crippen LogP contribution in [0.25, 0.3) is 0 Å². The van der Waals surface area contributed by atoms with Crippen LogP contribution in [0.4, 0.5) is 0 Å². The summed E-state index contributed by atoms with van der Waals surface area (Å²) in [5, 5.41) is 12.9. The Labute approximate surface area is 189 Å². The minimum Gasteiger partial charge on any atom is -0.756 e. The number of rotatable bonds is 19. The highest BCUT2D eigenvalue weighted by atomic mass is 31.2. The molecular formula is C22H45N2O6P. The van der Waals surface area contributed by atoms with E-state index >= 15 is 0 Å². The van der Waals surface area contributed by atoms with Crippen molar-refractivity contribution >= 4 is 13.7 Å². The number of carbonyl (C=O) groups excluding carboxylic acids is 1. The van der Waals surface area contributed by atoms with E-state index in [-0.39, 0.29) is 12.5 Å². The Bertz CT molecular complexity index is 551. The topological polar surface area (TPSA) is 108 Å². The summed E-state index contributed by atoms with van der Waals surface area (Å²) in [6.45, 7) is 3.61. The first kappa shape index (κ1) is 30.2. The smallest absolute Gasteiger partial charge is 0.268 e. The Hall–Kier alpha value is -0.760. The fourth-order valence-electron chi connectivity index (χ4n) is 2.89. The number of phosphoric ester groups is 1. The van der Waals surface area contributed by atoms with Gasteiger partial charge in [0.2, 0.25) is 5.91 Å². The summed E-state index contributed by atoms with van der Waals surface area (Å²) in [7, 11) is 1.24. The van der Waals surface area contributed by atoms with Crippen molar-refractivity contribution in [2.24, 2.45) is 0 Å². The Morgan fingerprint density at radius 1 is 1.10 bits per heavy atom. The lowest BCUT2D eigenvalue weighted by Gasteiger charge is -2.29. The van der Waals surface area contributed by atoms with Crippen molar-refractivity contribution in [3.63, 3.8) is 0 Å². The van der Waals surface area contributed by atoms with Crippen molar-refractivity contribution in [1.29, 1.82) is 0 Å². The van der Waals surface area contributed by atoms with Gasteiger partial charge in [-0.2, -0.15) is 0 Å². The van der Waals surface area contributed by atoms with Crippen LogP contribution >= 0.6 is 7.82 Å². The lowest BCUT2D eigenvalue weighted by molar-refractivity contribution is -0.870. The van der Waals surface area contributed by atoms with Crippen molar-refractivity contribution in [2.75, 3.05) is 40.9 Å². The van der Waals surface area contributed by atoms with Crippen LogP contribution in [0.15, 0.2) is 12.2 Å². The molecule has 9 heteroatoms. The molecule has 0 rings (SSSR count). The second kappa shape index (κ2) is 16.8. The highest BCUT2D eigenvalue weighted by Gasteiger charge is 2.22. The predicted octanol–water partition coefficient (Wildman–Crippen LogP) is 3.15. The molecule has 0 saturated heterocycles. The Morgan fingerprint density at radius 3 is 2.23 bits per heavy atom. The van der Waals surface area contributed by atoms with Crippen LogP contribution in [0, 0.1) is 0 Å². The average molecular weight is 465 g/mol. The molecule has 0 aromatic carbocycles. The van der Waals surface area contributed by atoms with Gasteiger partial charge in [-0.25, -0.2) is 0 Å². The minimum absolute atomic E-state index is 0.00383. The number of aliphatic hydroxyl groups excluding tert-OH is 1.